The zero-order valence-corrected chi connectivity index (χ0v) is 8.97. The molecule has 1 aromatic rings. The molecule has 3 N–H and O–H groups in total. The summed E-state index contributed by atoms with van der Waals surface area (Å²) in [4.78, 5) is 13.0. The zero-order valence-electron chi connectivity index (χ0n) is 8.97. The molecule has 1 unspecified atom stereocenters. The van der Waals surface area contributed by atoms with Gasteiger partial charge in [0.15, 0.2) is 0 Å². The van der Waals surface area contributed by atoms with Crippen molar-refractivity contribution in [1.29, 1.82) is 0 Å². The molecule has 0 heterocycles. The Balaban J connectivity index is 2.85. The van der Waals surface area contributed by atoms with E-state index in [2.05, 4.69) is 0 Å². The molecule has 0 bridgehead atoms. The van der Waals surface area contributed by atoms with Crippen molar-refractivity contribution in [3.8, 4) is 0 Å². The molecular weight excluding hydrogens is 192 g/mol. The van der Waals surface area contributed by atoms with Crippen LogP contribution in [0.1, 0.15) is 5.56 Å². The number of amides is 1. The molecule has 0 saturated carbocycles. The van der Waals surface area contributed by atoms with E-state index in [0.29, 0.717) is 0 Å². The molecule has 82 valence electrons. The molecule has 0 saturated heterocycles. The lowest BCUT2D eigenvalue weighted by Gasteiger charge is -2.20. The summed E-state index contributed by atoms with van der Waals surface area (Å²) >= 11 is 0. The fourth-order valence-corrected chi connectivity index (χ4v) is 1.29. The van der Waals surface area contributed by atoms with E-state index < -0.39 is 6.10 Å². The Hall–Kier alpha value is -1.39. The summed E-state index contributed by atoms with van der Waals surface area (Å²) in [6, 6.07) is 7.50. The minimum Gasteiger partial charge on any atom is -0.382 e. The van der Waals surface area contributed by atoms with Crippen molar-refractivity contribution in [2.75, 3.05) is 18.5 Å². The quantitative estimate of drug-likeness (QED) is 0.749. The SMILES string of the molecule is Cc1cccc(N(C)C(=O)C(O)CN)c1. The van der Waals surface area contributed by atoms with Crippen molar-refractivity contribution >= 4 is 11.6 Å². The highest BCUT2D eigenvalue weighted by molar-refractivity contribution is 5.96. The Bertz CT molecular complexity index is 352. The predicted octanol–water partition coefficient (Wildman–Crippen LogP) is 0.277. The summed E-state index contributed by atoms with van der Waals surface area (Å²) in [5, 5.41) is 9.31. The van der Waals surface area contributed by atoms with Crippen LogP contribution in [-0.4, -0.2) is 30.7 Å². The van der Waals surface area contributed by atoms with Gasteiger partial charge in [0.1, 0.15) is 6.10 Å². The number of carbonyl (C=O) groups is 1. The van der Waals surface area contributed by atoms with Crippen molar-refractivity contribution in [3.05, 3.63) is 29.8 Å². The summed E-state index contributed by atoms with van der Waals surface area (Å²) in [7, 11) is 1.62. The van der Waals surface area contributed by atoms with Gasteiger partial charge in [-0.15, -0.1) is 0 Å². The molecule has 0 aliphatic carbocycles. The highest BCUT2D eigenvalue weighted by atomic mass is 16.3. The van der Waals surface area contributed by atoms with Gasteiger partial charge >= 0.3 is 0 Å². The number of anilines is 1. The number of rotatable bonds is 3. The standard InChI is InChI=1S/C11H16N2O2/c1-8-4-3-5-9(6-8)13(2)11(15)10(14)7-12/h3-6,10,14H,7,12H2,1-2H3. The summed E-state index contributed by atoms with van der Waals surface area (Å²) in [5.41, 5.74) is 7.04. The molecule has 1 rings (SSSR count). The Morgan fingerprint density at radius 3 is 2.80 bits per heavy atom. The van der Waals surface area contributed by atoms with E-state index in [1.165, 1.54) is 4.90 Å². The molecule has 0 spiro atoms. The number of aryl methyl sites for hydroxylation is 1. The van der Waals surface area contributed by atoms with Crippen LogP contribution in [0.25, 0.3) is 0 Å². The molecule has 0 aliphatic rings. The monoisotopic (exact) mass is 208 g/mol. The van der Waals surface area contributed by atoms with Crippen LogP contribution in [0.2, 0.25) is 0 Å². The van der Waals surface area contributed by atoms with Crippen LogP contribution < -0.4 is 10.6 Å². The highest BCUT2D eigenvalue weighted by Crippen LogP contribution is 2.14. The molecule has 0 fully saturated rings. The number of hydrogen-bond donors (Lipinski definition) is 2. The third kappa shape index (κ3) is 2.78. The van der Waals surface area contributed by atoms with Gasteiger partial charge in [-0.05, 0) is 24.6 Å². The van der Waals surface area contributed by atoms with Gasteiger partial charge < -0.3 is 15.7 Å². The number of nitrogens with zero attached hydrogens (tertiary/aromatic N) is 1. The number of carbonyl (C=O) groups excluding carboxylic acids is 1. The van der Waals surface area contributed by atoms with E-state index in [1.54, 1.807) is 7.05 Å². The van der Waals surface area contributed by atoms with Crippen LogP contribution in [-0.2, 0) is 4.79 Å². The third-order valence-electron chi connectivity index (χ3n) is 2.23. The number of benzene rings is 1. The van der Waals surface area contributed by atoms with Gasteiger partial charge in [0.2, 0.25) is 0 Å². The van der Waals surface area contributed by atoms with E-state index in [9.17, 15) is 9.90 Å². The second-order valence-corrected chi connectivity index (χ2v) is 3.49. The molecule has 15 heavy (non-hydrogen) atoms. The molecule has 1 atom stereocenters. The van der Waals surface area contributed by atoms with Crippen LogP contribution in [0.3, 0.4) is 0 Å². The Labute approximate surface area is 89.3 Å². The van der Waals surface area contributed by atoms with Crippen LogP contribution in [0.4, 0.5) is 5.69 Å². The lowest BCUT2D eigenvalue weighted by molar-refractivity contribution is -0.125. The highest BCUT2D eigenvalue weighted by Gasteiger charge is 2.18. The first-order chi connectivity index (χ1) is 7.06. The van der Waals surface area contributed by atoms with Crippen LogP contribution >= 0.6 is 0 Å². The molecule has 1 amide bonds. The Morgan fingerprint density at radius 1 is 1.60 bits per heavy atom. The van der Waals surface area contributed by atoms with Crippen LogP contribution in [0.5, 0.6) is 0 Å². The first kappa shape index (κ1) is 11.7. The smallest absolute Gasteiger partial charge is 0.256 e. The van der Waals surface area contributed by atoms with Gasteiger partial charge in [-0.3, -0.25) is 4.79 Å². The average Bonchev–Trinajstić information content (AvgIpc) is 2.26. The maximum absolute atomic E-state index is 11.6. The van der Waals surface area contributed by atoms with Gasteiger partial charge in [0, 0.05) is 19.3 Å². The Kier molecular flexibility index (Phi) is 3.82. The molecule has 1 aromatic carbocycles. The maximum Gasteiger partial charge on any atom is 0.256 e. The number of likely N-dealkylation sites (N-methyl/N-ethyl adjacent to an activating group) is 1. The first-order valence-electron chi connectivity index (χ1n) is 4.78. The van der Waals surface area contributed by atoms with Crippen molar-refractivity contribution < 1.29 is 9.90 Å². The number of aliphatic hydroxyl groups is 1. The Morgan fingerprint density at radius 2 is 2.27 bits per heavy atom. The third-order valence-corrected chi connectivity index (χ3v) is 2.23. The summed E-state index contributed by atoms with van der Waals surface area (Å²) in [6.45, 7) is 1.89. The van der Waals surface area contributed by atoms with Gasteiger partial charge in [-0.1, -0.05) is 12.1 Å². The zero-order chi connectivity index (χ0) is 11.4. The van der Waals surface area contributed by atoms with E-state index in [4.69, 9.17) is 5.73 Å². The topological polar surface area (TPSA) is 66.6 Å². The lowest BCUT2D eigenvalue weighted by Crippen LogP contribution is -2.40. The maximum atomic E-state index is 11.6. The summed E-state index contributed by atoms with van der Waals surface area (Å²) in [6.07, 6.45) is -1.13. The molecule has 4 heteroatoms. The average molecular weight is 208 g/mol. The minimum atomic E-state index is -1.13. The van der Waals surface area contributed by atoms with Crippen molar-refractivity contribution in [2.24, 2.45) is 5.73 Å². The molecule has 4 nitrogen and oxygen atoms in total. The minimum absolute atomic E-state index is 0.0605. The fourth-order valence-electron chi connectivity index (χ4n) is 1.29. The van der Waals surface area contributed by atoms with Gasteiger partial charge in [-0.2, -0.15) is 0 Å². The van der Waals surface area contributed by atoms with Crippen molar-refractivity contribution in [1.82, 2.24) is 0 Å². The van der Waals surface area contributed by atoms with E-state index in [1.807, 2.05) is 31.2 Å². The van der Waals surface area contributed by atoms with E-state index >= 15 is 0 Å². The lowest BCUT2D eigenvalue weighted by atomic mass is 10.2. The van der Waals surface area contributed by atoms with E-state index in [-0.39, 0.29) is 12.5 Å². The van der Waals surface area contributed by atoms with Crippen LogP contribution in [0, 0.1) is 6.92 Å². The second kappa shape index (κ2) is 4.91. The van der Waals surface area contributed by atoms with Gasteiger partial charge in [0.05, 0.1) is 0 Å². The largest absolute Gasteiger partial charge is 0.382 e. The molecule has 0 aliphatic heterocycles. The number of nitrogens with two attached hydrogens (primary N) is 1. The molecular formula is C11H16N2O2. The summed E-state index contributed by atoms with van der Waals surface area (Å²) < 4.78 is 0. The van der Waals surface area contributed by atoms with Crippen molar-refractivity contribution in [3.63, 3.8) is 0 Å². The summed E-state index contributed by atoms with van der Waals surface area (Å²) in [5.74, 6) is -0.386. The fraction of sp³-hybridized carbons (Fsp3) is 0.364. The first-order valence-corrected chi connectivity index (χ1v) is 4.78. The van der Waals surface area contributed by atoms with Gasteiger partial charge in [0.25, 0.3) is 5.91 Å². The number of hydrogen-bond acceptors (Lipinski definition) is 3. The van der Waals surface area contributed by atoms with Crippen LogP contribution in [0.15, 0.2) is 24.3 Å². The van der Waals surface area contributed by atoms with E-state index in [0.717, 1.165) is 11.3 Å². The number of aliphatic hydroxyl groups excluding tert-OH is 1. The molecule has 0 aromatic heterocycles. The molecule has 0 radical (unpaired) electrons. The predicted molar refractivity (Wildman–Crippen MR) is 59.7 cm³/mol. The normalized spacial score (nSPS) is 12.3. The van der Waals surface area contributed by atoms with Gasteiger partial charge in [-0.25, -0.2) is 0 Å². The second-order valence-electron chi connectivity index (χ2n) is 3.49. The van der Waals surface area contributed by atoms with Crippen molar-refractivity contribution in [2.45, 2.75) is 13.0 Å².